The van der Waals surface area contributed by atoms with Gasteiger partial charge in [-0.2, -0.15) is 4.98 Å². The lowest BCUT2D eigenvalue weighted by atomic mass is 10.3. The summed E-state index contributed by atoms with van der Waals surface area (Å²) in [6.45, 7) is 1.21. The lowest BCUT2D eigenvalue weighted by Gasteiger charge is -2.09. The first-order valence-corrected chi connectivity index (χ1v) is 7.85. The molecular formula is C12H15N7O5S. The number of fused-ring (bicyclic) bond motifs is 1. The van der Waals surface area contributed by atoms with Gasteiger partial charge in [-0.25, -0.2) is 9.59 Å². The number of aromatic amines is 1. The van der Waals surface area contributed by atoms with Crippen molar-refractivity contribution in [2.75, 3.05) is 5.75 Å². The van der Waals surface area contributed by atoms with E-state index >= 15 is 0 Å². The van der Waals surface area contributed by atoms with Crippen LogP contribution in [-0.2, 0) is 23.7 Å². The monoisotopic (exact) mass is 369 g/mol. The number of hydrogen-bond acceptors (Lipinski definition) is 8. The molecule has 2 rings (SSSR count). The smallest absolute Gasteiger partial charge is 0.332 e. The van der Waals surface area contributed by atoms with E-state index in [1.807, 2.05) is 0 Å². The fourth-order valence-electron chi connectivity index (χ4n) is 1.96. The number of amides is 1. The number of aromatic nitrogens is 4. The molecule has 0 spiro atoms. The Kier molecular flexibility index (Phi) is 5.36. The van der Waals surface area contributed by atoms with Crippen LogP contribution in [-0.4, -0.2) is 47.9 Å². The number of carboxylic acids is 1. The number of carboxylic acid groups (broad SMARTS) is 1. The molecule has 13 heteroatoms. The lowest BCUT2D eigenvalue weighted by molar-refractivity contribution is -0.140. The highest BCUT2D eigenvalue weighted by atomic mass is 32.2. The number of carbonyl (C=O) groups is 2. The molecule has 2 aromatic rings. The molecule has 0 aliphatic carbocycles. The molecule has 3 N–H and O–H groups in total. The Balaban J connectivity index is 2.17. The van der Waals surface area contributed by atoms with Crippen LogP contribution in [0.1, 0.15) is 6.92 Å². The van der Waals surface area contributed by atoms with Crippen LogP contribution in [0.2, 0.25) is 0 Å². The molecule has 0 aliphatic rings. The number of aryl methyl sites for hydroxylation is 1. The molecule has 2 heterocycles. The SMILES string of the molecule is CC(=O)NC(CS/N=N/c1nc2c([nH]1)c(=O)n(C)c(=O)n2C)C(=O)O. The molecule has 1 atom stereocenters. The molecule has 0 aromatic carbocycles. The van der Waals surface area contributed by atoms with E-state index in [2.05, 4.69) is 24.9 Å². The molecule has 25 heavy (non-hydrogen) atoms. The minimum atomic E-state index is -1.19. The third kappa shape index (κ3) is 3.93. The van der Waals surface area contributed by atoms with Crippen molar-refractivity contribution in [1.82, 2.24) is 24.4 Å². The minimum absolute atomic E-state index is 0.00722. The van der Waals surface area contributed by atoms with Gasteiger partial charge < -0.3 is 15.4 Å². The number of nitrogens with zero attached hydrogens (tertiary/aromatic N) is 5. The maximum Gasteiger partial charge on any atom is 0.332 e. The molecule has 0 aliphatic heterocycles. The number of aliphatic carboxylic acids is 1. The van der Waals surface area contributed by atoms with Gasteiger partial charge in [0.25, 0.3) is 5.56 Å². The second kappa shape index (κ2) is 7.29. The highest BCUT2D eigenvalue weighted by Gasteiger charge is 2.18. The van der Waals surface area contributed by atoms with E-state index in [0.29, 0.717) is 0 Å². The van der Waals surface area contributed by atoms with Crippen molar-refractivity contribution in [2.45, 2.75) is 13.0 Å². The van der Waals surface area contributed by atoms with Crippen LogP contribution < -0.4 is 16.6 Å². The van der Waals surface area contributed by atoms with Gasteiger partial charge in [-0.1, -0.05) is 0 Å². The van der Waals surface area contributed by atoms with Crippen molar-refractivity contribution in [3.63, 3.8) is 0 Å². The van der Waals surface area contributed by atoms with E-state index < -0.39 is 29.2 Å². The van der Waals surface area contributed by atoms with E-state index in [0.717, 1.165) is 16.5 Å². The second-order valence-corrected chi connectivity index (χ2v) is 5.79. The Morgan fingerprint density at radius 2 is 2.04 bits per heavy atom. The van der Waals surface area contributed by atoms with Crippen molar-refractivity contribution >= 4 is 40.9 Å². The normalized spacial score (nSPS) is 12.6. The molecule has 12 nitrogen and oxygen atoms in total. The second-order valence-electron chi connectivity index (χ2n) is 5.03. The lowest BCUT2D eigenvalue weighted by Crippen LogP contribution is -2.41. The number of rotatable bonds is 6. The summed E-state index contributed by atoms with van der Waals surface area (Å²) in [6, 6.07) is -1.11. The molecule has 0 fully saturated rings. The van der Waals surface area contributed by atoms with E-state index in [1.165, 1.54) is 25.6 Å². The van der Waals surface area contributed by atoms with Crippen LogP contribution in [0.4, 0.5) is 5.95 Å². The van der Waals surface area contributed by atoms with Gasteiger partial charge >= 0.3 is 11.7 Å². The van der Waals surface area contributed by atoms with Crippen molar-refractivity contribution < 1.29 is 14.7 Å². The number of carbonyl (C=O) groups excluding carboxylic acids is 1. The van der Waals surface area contributed by atoms with Gasteiger partial charge in [0.2, 0.25) is 11.9 Å². The summed E-state index contributed by atoms with van der Waals surface area (Å²) in [4.78, 5) is 52.4. The zero-order chi connectivity index (χ0) is 18.7. The number of hydrogen-bond donors (Lipinski definition) is 3. The summed E-state index contributed by atoms with van der Waals surface area (Å²) >= 11 is 0.802. The quantitative estimate of drug-likeness (QED) is 0.446. The zero-order valence-electron chi connectivity index (χ0n) is 13.5. The van der Waals surface area contributed by atoms with Gasteiger partial charge in [0.05, 0.1) is 0 Å². The zero-order valence-corrected chi connectivity index (χ0v) is 14.3. The first-order valence-electron chi connectivity index (χ1n) is 6.91. The molecule has 1 unspecified atom stereocenters. The van der Waals surface area contributed by atoms with Crippen molar-refractivity contribution in [2.24, 2.45) is 23.7 Å². The largest absolute Gasteiger partial charge is 0.480 e. The Bertz CT molecular complexity index is 973. The summed E-state index contributed by atoms with van der Waals surface area (Å²) in [6.07, 6.45) is 0. The summed E-state index contributed by atoms with van der Waals surface area (Å²) < 4.78 is 5.83. The average Bonchev–Trinajstić information content (AvgIpc) is 2.97. The van der Waals surface area contributed by atoms with E-state index in [4.69, 9.17) is 5.11 Å². The van der Waals surface area contributed by atoms with Gasteiger partial charge in [0.1, 0.15) is 6.04 Å². The summed E-state index contributed by atoms with van der Waals surface area (Å²) in [7, 11) is 2.81. The maximum atomic E-state index is 12.0. The van der Waals surface area contributed by atoms with Gasteiger partial charge in [0.15, 0.2) is 11.2 Å². The van der Waals surface area contributed by atoms with E-state index in [-0.39, 0.29) is 22.9 Å². The molecular weight excluding hydrogens is 354 g/mol. The molecule has 1 amide bonds. The van der Waals surface area contributed by atoms with Gasteiger partial charge in [0, 0.05) is 38.7 Å². The topological polar surface area (TPSA) is 164 Å². The Morgan fingerprint density at radius 1 is 1.36 bits per heavy atom. The van der Waals surface area contributed by atoms with Crippen molar-refractivity contribution in [3.8, 4) is 0 Å². The van der Waals surface area contributed by atoms with E-state index in [1.54, 1.807) is 0 Å². The first kappa shape index (κ1) is 18.4. The highest BCUT2D eigenvalue weighted by Crippen LogP contribution is 2.15. The summed E-state index contributed by atoms with van der Waals surface area (Å²) in [5.74, 6) is -1.72. The van der Waals surface area contributed by atoms with Crippen LogP contribution in [0.25, 0.3) is 11.2 Å². The first-order chi connectivity index (χ1) is 11.7. The van der Waals surface area contributed by atoms with Crippen molar-refractivity contribution in [3.05, 3.63) is 20.8 Å². The predicted molar refractivity (Wildman–Crippen MR) is 88.8 cm³/mol. The number of H-pyrrole nitrogens is 1. The standard InChI is InChI=1S/C12H15N7O5S/c1-5(20)13-6(10(22)23)4-25-17-16-11-14-7-8(15-11)18(2)12(24)19(3)9(7)21/h6H,4H2,1-3H3,(H,13,20)(H,14,15)(H,22,23)/b17-16+. The molecule has 2 aromatic heterocycles. The van der Waals surface area contributed by atoms with E-state index in [9.17, 15) is 19.2 Å². The third-order valence-corrected chi connectivity index (χ3v) is 3.87. The minimum Gasteiger partial charge on any atom is -0.480 e. The van der Waals surface area contributed by atoms with Crippen LogP contribution >= 0.6 is 11.9 Å². The molecule has 0 bridgehead atoms. The number of imidazole rings is 1. The van der Waals surface area contributed by atoms with Gasteiger partial charge in [-0.15, -0.1) is 9.63 Å². The molecule has 0 saturated heterocycles. The fourth-order valence-corrected chi connectivity index (χ4v) is 2.53. The highest BCUT2D eigenvalue weighted by molar-refractivity contribution is 7.97. The summed E-state index contributed by atoms with van der Waals surface area (Å²) in [5.41, 5.74) is -0.836. The fraction of sp³-hybridized carbons (Fsp3) is 0.417. The molecule has 0 radical (unpaired) electrons. The molecule has 134 valence electrons. The third-order valence-electron chi connectivity index (χ3n) is 3.19. The summed E-state index contributed by atoms with van der Waals surface area (Å²) in [5, 5.41) is 15.0. The van der Waals surface area contributed by atoms with Crippen molar-refractivity contribution in [1.29, 1.82) is 0 Å². The Morgan fingerprint density at radius 3 is 2.64 bits per heavy atom. The predicted octanol–water partition coefficient (Wildman–Crippen LogP) is -0.718. The van der Waals surface area contributed by atoms with Crippen LogP contribution in [0.5, 0.6) is 0 Å². The van der Waals surface area contributed by atoms with Crippen LogP contribution in [0, 0.1) is 0 Å². The van der Waals surface area contributed by atoms with Gasteiger partial charge in [-0.05, 0) is 0 Å². The average molecular weight is 369 g/mol. The van der Waals surface area contributed by atoms with Crippen LogP contribution in [0.3, 0.4) is 0 Å². The van der Waals surface area contributed by atoms with Crippen LogP contribution in [0.15, 0.2) is 19.2 Å². The molecule has 0 saturated carbocycles. The Hall–Kier alpha value is -2.96. The number of nitrogens with one attached hydrogen (secondary N) is 2. The maximum absolute atomic E-state index is 12.0. The van der Waals surface area contributed by atoms with Gasteiger partial charge in [-0.3, -0.25) is 18.7 Å². The Labute approximate surface area is 144 Å².